The number of aliphatic hydroxyl groups excluding tert-OH is 1. The Morgan fingerprint density at radius 1 is 1.29 bits per heavy atom. The van der Waals surface area contributed by atoms with Crippen LogP contribution < -0.4 is 0 Å². The number of hydrogen-bond donors (Lipinski definition) is 1. The summed E-state index contributed by atoms with van der Waals surface area (Å²) in [5.74, 6) is 0.797. The molecular weight excluding hydrogens is 434 g/mol. The van der Waals surface area contributed by atoms with E-state index < -0.39 is 0 Å². The lowest BCUT2D eigenvalue weighted by molar-refractivity contribution is -0.128. The van der Waals surface area contributed by atoms with Gasteiger partial charge < -0.3 is 24.5 Å². The van der Waals surface area contributed by atoms with Gasteiger partial charge in [-0.15, -0.1) is 0 Å². The molecule has 34 heavy (non-hydrogen) atoms. The molecule has 0 fully saturated rings. The van der Waals surface area contributed by atoms with Gasteiger partial charge in [0.25, 0.3) is 5.91 Å². The number of carbonyl (C=O) groups excluding carboxylic acids is 2. The maximum absolute atomic E-state index is 13.6. The molecule has 0 radical (unpaired) electrons. The average Bonchev–Trinajstić information content (AvgIpc) is 2.83. The van der Waals surface area contributed by atoms with Gasteiger partial charge in [-0.3, -0.25) is 14.6 Å². The Kier molecular flexibility index (Phi) is 12.0. The van der Waals surface area contributed by atoms with Crippen molar-refractivity contribution >= 4 is 19.0 Å². The van der Waals surface area contributed by atoms with E-state index in [9.17, 15) is 14.7 Å². The van der Waals surface area contributed by atoms with E-state index in [2.05, 4.69) is 30.5 Å². The lowest BCUT2D eigenvalue weighted by Gasteiger charge is -2.31. The molecular formula is C25H39N5O4. The number of pyridine rings is 1. The molecule has 0 saturated carbocycles. The summed E-state index contributed by atoms with van der Waals surface area (Å²) in [6, 6.07) is 3.82. The Labute approximate surface area is 203 Å². The van der Waals surface area contributed by atoms with Gasteiger partial charge in [0.15, 0.2) is 12.6 Å². The van der Waals surface area contributed by atoms with Crippen molar-refractivity contribution in [2.24, 2.45) is 10.9 Å². The fourth-order valence-corrected chi connectivity index (χ4v) is 3.04. The van der Waals surface area contributed by atoms with E-state index in [1.807, 2.05) is 32.9 Å². The fraction of sp³-hybridized carbons (Fsp3) is 0.520. The Balaban J connectivity index is 3.57. The van der Waals surface area contributed by atoms with E-state index in [4.69, 9.17) is 4.74 Å². The normalized spacial score (nSPS) is 12.5. The van der Waals surface area contributed by atoms with Crippen LogP contribution in [-0.2, 0) is 20.9 Å². The second kappa shape index (κ2) is 14.1. The van der Waals surface area contributed by atoms with Crippen molar-refractivity contribution in [3.8, 4) is 0 Å². The van der Waals surface area contributed by atoms with Crippen LogP contribution in [0.1, 0.15) is 45.4 Å². The van der Waals surface area contributed by atoms with Crippen LogP contribution in [0.3, 0.4) is 0 Å². The van der Waals surface area contributed by atoms with Crippen LogP contribution in [0.4, 0.5) is 0 Å². The number of rotatable bonds is 14. The highest BCUT2D eigenvalue weighted by molar-refractivity contribution is 5.93. The summed E-state index contributed by atoms with van der Waals surface area (Å²) in [5, 5.41) is 9.21. The third-order valence-corrected chi connectivity index (χ3v) is 5.55. The van der Waals surface area contributed by atoms with Crippen LogP contribution in [0.5, 0.6) is 0 Å². The number of nitrogens with zero attached hydrogens (tertiary/aromatic N) is 5. The maximum atomic E-state index is 13.6. The highest BCUT2D eigenvalue weighted by Crippen LogP contribution is 2.22. The highest BCUT2D eigenvalue weighted by atomic mass is 16.5. The monoisotopic (exact) mass is 473 g/mol. The summed E-state index contributed by atoms with van der Waals surface area (Å²) < 4.78 is 6.09. The van der Waals surface area contributed by atoms with Gasteiger partial charge in [-0.1, -0.05) is 19.9 Å². The molecule has 0 aliphatic rings. The lowest BCUT2D eigenvalue weighted by atomic mass is 10.0. The van der Waals surface area contributed by atoms with Crippen LogP contribution in [0.25, 0.3) is 0 Å². The summed E-state index contributed by atoms with van der Waals surface area (Å²) in [6.07, 6.45) is 2.74. The molecule has 0 bridgehead atoms. The topological polar surface area (TPSA) is 98.6 Å². The standard InChI is InChI=1S/C25H39N5O4/c1-18(2)20(4)21(5)34-17-30(15-22-11-10-19(3)14-27-22)23(24(26-6)29(8)16-32)25(33)28(7)12-9-13-31/h10-11,14,16,18,31H,6,9,12-13,15,17H2,1-5,7-8H3/b21-20-,24-23+. The molecule has 0 unspecified atom stereocenters. The molecule has 0 aliphatic carbocycles. The number of aliphatic imine (C=N–C) groups is 1. The third-order valence-electron chi connectivity index (χ3n) is 5.55. The average molecular weight is 474 g/mol. The first-order valence-corrected chi connectivity index (χ1v) is 11.3. The molecule has 1 aromatic heterocycles. The quantitative estimate of drug-likeness (QED) is 0.147. The number of likely N-dealkylation sites (N-methyl/N-ethyl adjacent to an activating group) is 1. The van der Waals surface area contributed by atoms with Crippen LogP contribution in [-0.4, -0.2) is 77.8 Å². The van der Waals surface area contributed by atoms with E-state index in [1.165, 1.54) is 16.8 Å². The summed E-state index contributed by atoms with van der Waals surface area (Å²) in [4.78, 5) is 38.0. The van der Waals surface area contributed by atoms with Gasteiger partial charge in [0.2, 0.25) is 6.41 Å². The van der Waals surface area contributed by atoms with Crippen molar-refractivity contribution in [1.29, 1.82) is 0 Å². The van der Waals surface area contributed by atoms with E-state index in [-0.39, 0.29) is 37.3 Å². The summed E-state index contributed by atoms with van der Waals surface area (Å²) in [6.45, 7) is 14.2. The van der Waals surface area contributed by atoms with Gasteiger partial charge >= 0.3 is 0 Å². The third kappa shape index (κ3) is 8.30. The van der Waals surface area contributed by atoms with Crippen LogP contribution in [0, 0.1) is 12.8 Å². The summed E-state index contributed by atoms with van der Waals surface area (Å²) in [7, 11) is 3.14. The minimum atomic E-state index is -0.373. The molecule has 0 saturated heterocycles. The Morgan fingerprint density at radius 2 is 1.97 bits per heavy atom. The number of aliphatic hydroxyl groups is 1. The highest BCUT2D eigenvalue weighted by Gasteiger charge is 2.28. The fourth-order valence-electron chi connectivity index (χ4n) is 3.04. The van der Waals surface area contributed by atoms with E-state index >= 15 is 0 Å². The SMILES string of the molecule is C=N/C(=C(/C(=O)N(C)CCCO)N(CO/C(C)=C(/C)C(C)C)Cc1ccc(C)cn1)N(C)C=O. The summed E-state index contributed by atoms with van der Waals surface area (Å²) >= 11 is 0. The maximum Gasteiger partial charge on any atom is 0.273 e. The van der Waals surface area contributed by atoms with E-state index in [0.717, 1.165) is 22.6 Å². The zero-order valence-electron chi connectivity index (χ0n) is 21.5. The second-order valence-electron chi connectivity index (χ2n) is 8.54. The van der Waals surface area contributed by atoms with Crippen LogP contribution >= 0.6 is 0 Å². The molecule has 1 aromatic rings. The van der Waals surface area contributed by atoms with Gasteiger partial charge in [0.1, 0.15) is 5.70 Å². The van der Waals surface area contributed by atoms with Gasteiger partial charge in [-0.25, -0.2) is 4.99 Å². The molecule has 1 N–H and O–H groups in total. The van der Waals surface area contributed by atoms with Crippen molar-refractivity contribution in [1.82, 2.24) is 19.7 Å². The number of aromatic nitrogens is 1. The number of carbonyl (C=O) groups is 2. The number of allylic oxidation sites excluding steroid dienone is 2. The molecule has 1 rings (SSSR count). The number of amides is 2. The van der Waals surface area contributed by atoms with Crippen molar-refractivity contribution in [3.63, 3.8) is 0 Å². The molecule has 2 amide bonds. The molecule has 9 nitrogen and oxygen atoms in total. The minimum Gasteiger partial charge on any atom is -0.478 e. The Morgan fingerprint density at radius 3 is 2.47 bits per heavy atom. The van der Waals surface area contributed by atoms with Crippen molar-refractivity contribution in [3.05, 3.63) is 52.4 Å². The number of aryl methyl sites for hydroxylation is 1. The second-order valence-corrected chi connectivity index (χ2v) is 8.54. The molecule has 188 valence electrons. The zero-order valence-corrected chi connectivity index (χ0v) is 21.5. The van der Waals surface area contributed by atoms with Gasteiger partial charge in [-0.05, 0) is 57.0 Å². The molecule has 0 spiro atoms. The van der Waals surface area contributed by atoms with Gasteiger partial charge in [0, 0.05) is 33.4 Å². The van der Waals surface area contributed by atoms with E-state index in [0.29, 0.717) is 25.3 Å². The Hall–Kier alpha value is -3.20. The largest absolute Gasteiger partial charge is 0.478 e. The predicted molar refractivity (Wildman–Crippen MR) is 133 cm³/mol. The summed E-state index contributed by atoms with van der Waals surface area (Å²) in [5.41, 5.74) is 2.99. The first-order valence-electron chi connectivity index (χ1n) is 11.3. The van der Waals surface area contributed by atoms with Crippen LogP contribution in [0.2, 0.25) is 0 Å². The molecule has 0 atom stereocenters. The smallest absolute Gasteiger partial charge is 0.273 e. The first-order chi connectivity index (χ1) is 16.1. The lowest BCUT2D eigenvalue weighted by Crippen LogP contribution is -2.40. The predicted octanol–water partition coefficient (Wildman–Crippen LogP) is 2.91. The van der Waals surface area contributed by atoms with Gasteiger partial charge in [0.05, 0.1) is 18.0 Å². The number of hydrogen-bond acceptors (Lipinski definition) is 7. The van der Waals surface area contributed by atoms with Crippen LogP contribution in [0.15, 0.2) is 46.2 Å². The van der Waals surface area contributed by atoms with Crippen molar-refractivity contribution in [2.75, 3.05) is 34.0 Å². The van der Waals surface area contributed by atoms with Crippen molar-refractivity contribution < 1.29 is 19.4 Å². The Bertz CT molecular complexity index is 893. The number of ether oxygens (including phenoxy) is 1. The molecule has 0 aromatic carbocycles. The van der Waals surface area contributed by atoms with Crippen molar-refractivity contribution in [2.45, 2.75) is 47.6 Å². The minimum absolute atomic E-state index is 0.0338. The first kappa shape index (κ1) is 28.8. The zero-order chi connectivity index (χ0) is 25.8. The van der Waals surface area contributed by atoms with E-state index in [1.54, 1.807) is 18.1 Å². The molecule has 1 heterocycles. The molecule has 9 heteroatoms. The van der Waals surface area contributed by atoms with Gasteiger partial charge in [-0.2, -0.15) is 0 Å². The molecule has 0 aliphatic heterocycles.